The molecule has 2 saturated heterocycles. The van der Waals surface area contributed by atoms with Gasteiger partial charge >= 0.3 is 12.2 Å². The van der Waals surface area contributed by atoms with E-state index in [1.165, 1.54) is 14.2 Å². The summed E-state index contributed by atoms with van der Waals surface area (Å²) in [5.41, 5.74) is 7.09. The summed E-state index contributed by atoms with van der Waals surface area (Å²) in [6.45, 7) is 8.64. The highest BCUT2D eigenvalue weighted by atomic mass is 32.2. The molecular formula is C42H46N8O7S2. The minimum atomic E-state index is -0.728. The number of fused-ring (bicyclic) bond motifs is 5. The number of methoxy groups -OCH3 is 2. The maximum atomic E-state index is 13.7. The zero-order valence-corrected chi connectivity index (χ0v) is 35.2. The van der Waals surface area contributed by atoms with Crippen LogP contribution in [0.15, 0.2) is 65.3 Å². The summed E-state index contributed by atoms with van der Waals surface area (Å²) in [7, 11) is 2.57. The van der Waals surface area contributed by atoms with Crippen LogP contribution in [-0.2, 0) is 19.1 Å². The van der Waals surface area contributed by atoms with Gasteiger partial charge in [-0.3, -0.25) is 9.59 Å². The van der Waals surface area contributed by atoms with Gasteiger partial charge in [-0.15, -0.1) is 23.5 Å². The maximum Gasteiger partial charge on any atom is 0.407 e. The molecule has 0 radical (unpaired) electrons. The van der Waals surface area contributed by atoms with Crippen molar-refractivity contribution in [3.05, 3.63) is 72.6 Å². The summed E-state index contributed by atoms with van der Waals surface area (Å²) in [5, 5.41) is 6.71. The number of ether oxygens (including phenoxy) is 2. The molecule has 6 heterocycles. The first-order valence-electron chi connectivity index (χ1n) is 19.5. The van der Waals surface area contributed by atoms with Crippen molar-refractivity contribution in [3.63, 3.8) is 0 Å². The minimum absolute atomic E-state index is 0.127. The summed E-state index contributed by atoms with van der Waals surface area (Å²) in [6, 6.07) is 14.9. The number of hydrogen-bond donors (Lipinski definition) is 4. The molecule has 2 aromatic carbocycles. The number of benzene rings is 3. The topological polar surface area (TPSA) is 188 Å². The Morgan fingerprint density at radius 1 is 0.678 bits per heavy atom. The van der Waals surface area contributed by atoms with Crippen molar-refractivity contribution < 1.29 is 33.1 Å². The first-order valence-corrected chi connectivity index (χ1v) is 21.6. The minimum Gasteiger partial charge on any atom is -0.456 e. The lowest BCUT2D eigenvalue weighted by molar-refractivity contribution is -0.135. The third-order valence-corrected chi connectivity index (χ3v) is 13.3. The number of imidazole rings is 2. The third-order valence-electron chi connectivity index (χ3n) is 10.9. The lowest BCUT2D eigenvalue weighted by Gasteiger charge is -2.29. The normalized spacial score (nSPS) is 18.0. The molecule has 2 fully saturated rings. The van der Waals surface area contributed by atoms with Crippen LogP contribution in [0.2, 0.25) is 0 Å². The monoisotopic (exact) mass is 838 g/mol. The van der Waals surface area contributed by atoms with E-state index in [1.54, 1.807) is 45.7 Å². The highest BCUT2D eigenvalue weighted by molar-refractivity contribution is 8.00. The van der Waals surface area contributed by atoms with Crippen molar-refractivity contribution >= 4 is 69.5 Å². The van der Waals surface area contributed by atoms with Gasteiger partial charge in [0, 0.05) is 40.9 Å². The second-order valence-corrected chi connectivity index (χ2v) is 17.6. The van der Waals surface area contributed by atoms with Crippen LogP contribution >= 0.6 is 23.5 Å². The number of thioether (sulfide) groups is 2. The van der Waals surface area contributed by atoms with Crippen molar-refractivity contribution in [1.82, 2.24) is 40.4 Å². The Hall–Kier alpha value is -5.68. The lowest BCUT2D eigenvalue weighted by atomic mass is 9.93. The SMILES string of the molecule is COC(=O)N[C@H](C(=O)N1CCS[C@H]1c1ncc(-c2ccc(-c3ccc(-c4cnc([C@@H]5SCCN5C(=O)[C@@H](NC(=O)OC)C(C)C)[nH]4)c4c5ccc(o5)c34)cc2)[nH]1)C(C)C. The molecule has 0 unspecified atom stereocenters. The van der Waals surface area contributed by atoms with Crippen molar-refractivity contribution in [2.45, 2.75) is 50.5 Å². The summed E-state index contributed by atoms with van der Waals surface area (Å²) in [4.78, 5) is 71.3. The van der Waals surface area contributed by atoms with Crippen molar-refractivity contribution in [3.8, 4) is 33.6 Å². The highest BCUT2D eigenvalue weighted by Gasteiger charge is 2.39. The molecule has 8 rings (SSSR count). The summed E-state index contributed by atoms with van der Waals surface area (Å²) in [5.74, 6) is 2.21. The van der Waals surface area contributed by atoms with Gasteiger partial charge in [0.1, 0.15) is 45.6 Å². The summed E-state index contributed by atoms with van der Waals surface area (Å²) in [6.07, 6.45) is 2.31. The average molecular weight is 839 g/mol. The molecule has 308 valence electrons. The van der Waals surface area contributed by atoms with Gasteiger partial charge in [0.15, 0.2) is 0 Å². The number of furan rings is 2. The number of H-pyrrole nitrogens is 2. The van der Waals surface area contributed by atoms with E-state index < -0.39 is 24.3 Å². The Labute approximate surface area is 349 Å². The second kappa shape index (κ2) is 16.5. The molecule has 15 nitrogen and oxygen atoms in total. The second-order valence-electron chi connectivity index (χ2n) is 15.2. The fourth-order valence-electron chi connectivity index (χ4n) is 7.82. The number of aromatic nitrogens is 4. The van der Waals surface area contributed by atoms with E-state index in [4.69, 9.17) is 18.9 Å². The van der Waals surface area contributed by atoms with Crippen LogP contribution in [0, 0.1) is 11.8 Å². The molecule has 59 heavy (non-hydrogen) atoms. The predicted octanol–water partition coefficient (Wildman–Crippen LogP) is 7.38. The van der Waals surface area contributed by atoms with Gasteiger partial charge in [-0.2, -0.15) is 0 Å². The molecule has 0 saturated carbocycles. The van der Waals surface area contributed by atoms with E-state index >= 15 is 0 Å². The van der Waals surface area contributed by atoms with Crippen molar-refractivity contribution in [1.29, 1.82) is 0 Å². The van der Waals surface area contributed by atoms with E-state index in [1.807, 2.05) is 52.0 Å². The fourth-order valence-corrected chi connectivity index (χ4v) is 10.2. The Morgan fingerprint density at radius 2 is 1.14 bits per heavy atom. The van der Waals surface area contributed by atoms with Crippen molar-refractivity contribution in [2.24, 2.45) is 11.8 Å². The number of aromatic amines is 2. The zero-order chi connectivity index (χ0) is 41.5. The van der Waals surface area contributed by atoms with E-state index in [9.17, 15) is 19.2 Å². The molecule has 4 N–H and O–H groups in total. The number of amides is 4. The molecule has 17 heteroatoms. The molecular weight excluding hydrogens is 793 g/mol. The quantitative estimate of drug-likeness (QED) is 0.102. The molecule has 2 aliphatic heterocycles. The number of hydrogen-bond acceptors (Lipinski definition) is 11. The molecule has 2 bridgehead atoms. The third kappa shape index (κ3) is 7.57. The molecule has 2 aliphatic rings. The van der Waals surface area contributed by atoms with Crippen LogP contribution < -0.4 is 10.6 Å². The van der Waals surface area contributed by atoms with Gasteiger partial charge in [-0.1, -0.05) is 64.1 Å². The molecule has 6 aromatic rings. The van der Waals surface area contributed by atoms with E-state index in [-0.39, 0.29) is 34.4 Å². The first-order chi connectivity index (χ1) is 28.5. The largest absolute Gasteiger partial charge is 0.456 e. The Balaban J connectivity index is 1.02. The number of rotatable bonds is 11. The first kappa shape index (κ1) is 40.1. The number of nitrogens with zero attached hydrogens (tertiary/aromatic N) is 4. The van der Waals surface area contributed by atoms with Crippen LogP contribution in [0.1, 0.15) is 50.1 Å². The molecule has 0 spiro atoms. The van der Waals surface area contributed by atoms with Gasteiger partial charge in [0.2, 0.25) is 11.8 Å². The molecule has 4 atom stereocenters. The fraction of sp³-hybridized carbons (Fsp3) is 0.381. The van der Waals surface area contributed by atoms with Crippen LogP contribution in [0.4, 0.5) is 9.59 Å². The summed E-state index contributed by atoms with van der Waals surface area (Å²) < 4.78 is 15.8. The van der Waals surface area contributed by atoms with E-state index in [2.05, 4.69) is 49.9 Å². The van der Waals surface area contributed by atoms with Gasteiger partial charge in [-0.25, -0.2) is 19.6 Å². The molecule has 0 aliphatic carbocycles. The highest BCUT2D eigenvalue weighted by Crippen LogP contribution is 2.45. The smallest absolute Gasteiger partial charge is 0.407 e. The van der Waals surface area contributed by atoms with E-state index in [0.717, 1.165) is 67.1 Å². The van der Waals surface area contributed by atoms with Gasteiger partial charge < -0.3 is 44.3 Å². The van der Waals surface area contributed by atoms with E-state index in [0.29, 0.717) is 24.7 Å². The zero-order valence-electron chi connectivity index (χ0n) is 33.5. The molecule has 4 aromatic heterocycles. The number of carbonyl (C=O) groups is 4. The standard InChI is InChI=1S/C42H46N8O7S2/c1-21(2)33(47-41(53)55-5)37(51)49-15-17-58-39(49)35-43-19-27(45-35)24-9-7-23(8-10-24)25-11-12-26(32-30-14-13-29(57-30)31(25)32)28-20-44-36(46-28)40-50(16-18-59-40)38(52)34(22(3)4)48-42(54)56-6/h7-14,19-22,33-34,39-40H,15-18H2,1-6H3,(H,43,45)(H,44,46)(H,47,53)(H,48,54)/t33-,34-,39-,40-/m0/s1. The molecule has 4 amide bonds. The number of alkyl carbamates (subject to hydrolysis) is 2. The van der Waals surface area contributed by atoms with Crippen LogP contribution in [-0.4, -0.2) is 105 Å². The van der Waals surface area contributed by atoms with Crippen molar-refractivity contribution in [2.75, 3.05) is 38.8 Å². The predicted molar refractivity (Wildman–Crippen MR) is 228 cm³/mol. The van der Waals surface area contributed by atoms with Crippen LogP contribution in [0.3, 0.4) is 0 Å². The van der Waals surface area contributed by atoms with Gasteiger partial charge in [0.25, 0.3) is 0 Å². The average Bonchev–Trinajstić information content (AvgIpc) is 4.10. The lowest BCUT2D eigenvalue weighted by Crippen LogP contribution is -2.51. The Bertz CT molecular complexity index is 2490. The maximum absolute atomic E-state index is 13.7. The van der Waals surface area contributed by atoms with Gasteiger partial charge in [0.05, 0.1) is 38.0 Å². The number of nitrogens with one attached hydrogen (secondary N) is 4. The van der Waals surface area contributed by atoms with Crippen LogP contribution in [0.5, 0.6) is 0 Å². The Morgan fingerprint density at radius 3 is 1.64 bits per heavy atom. The Kier molecular flexibility index (Phi) is 11.2. The van der Waals surface area contributed by atoms with Crippen LogP contribution in [0.25, 0.3) is 55.6 Å². The number of carbonyl (C=O) groups excluding carboxylic acids is 4. The van der Waals surface area contributed by atoms with Gasteiger partial charge in [-0.05, 0) is 40.7 Å². The summed E-state index contributed by atoms with van der Waals surface area (Å²) >= 11 is 3.26.